The van der Waals surface area contributed by atoms with Crippen molar-refractivity contribution in [2.75, 3.05) is 45.7 Å². The van der Waals surface area contributed by atoms with Gasteiger partial charge in [-0.1, -0.05) is 24.3 Å². The minimum Gasteiger partial charge on any atom is -0.378 e. The average molecular weight is 418 g/mol. The van der Waals surface area contributed by atoms with Crippen LogP contribution in [0.4, 0.5) is 11.5 Å². The van der Waals surface area contributed by atoms with Gasteiger partial charge in [0, 0.05) is 55.4 Å². The Kier molecular flexibility index (Phi) is 5.86. The third-order valence-electron chi connectivity index (χ3n) is 5.43. The Morgan fingerprint density at radius 3 is 2.58 bits per heavy atom. The van der Waals surface area contributed by atoms with Crippen molar-refractivity contribution in [3.05, 3.63) is 65.4 Å². The van der Waals surface area contributed by atoms with Gasteiger partial charge in [0.15, 0.2) is 0 Å². The Bertz CT molecular complexity index is 1140. The van der Waals surface area contributed by atoms with Gasteiger partial charge < -0.3 is 19.9 Å². The van der Waals surface area contributed by atoms with Gasteiger partial charge in [0.25, 0.3) is 11.8 Å². The fraction of sp³-hybridized carbons (Fsp3) is 0.292. The molecule has 0 bridgehead atoms. The lowest BCUT2D eigenvalue weighted by molar-refractivity contribution is 0.0304. The van der Waals surface area contributed by atoms with Gasteiger partial charge >= 0.3 is 0 Å². The van der Waals surface area contributed by atoms with Crippen LogP contribution < -0.4 is 5.32 Å². The summed E-state index contributed by atoms with van der Waals surface area (Å²) in [7, 11) is 3.45. The van der Waals surface area contributed by atoms with E-state index in [4.69, 9.17) is 4.74 Å². The van der Waals surface area contributed by atoms with Crippen molar-refractivity contribution in [3.63, 3.8) is 0 Å². The van der Waals surface area contributed by atoms with E-state index in [0.717, 1.165) is 22.0 Å². The van der Waals surface area contributed by atoms with E-state index < -0.39 is 0 Å². The molecule has 0 unspecified atom stereocenters. The molecule has 1 aliphatic heterocycles. The third-order valence-corrected chi connectivity index (χ3v) is 5.43. The van der Waals surface area contributed by atoms with Gasteiger partial charge in [0.2, 0.25) is 0 Å². The summed E-state index contributed by atoms with van der Waals surface area (Å²) in [5.41, 5.74) is 2.96. The predicted octanol–water partition coefficient (Wildman–Crippen LogP) is 3.46. The minimum absolute atomic E-state index is 0.0276. The Balaban J connectivity index is 1.72. The van der Waals surface area contributed by atoms with E-state index in [9.17, 15) is 9.59 Å². The van der Waals surface area contributed by atoms with Crippen LogP contribution in [0.1, 0.15) is 26.3 Å². The first kappa shape index (κ1) is 20.8. The number of nitrogens with one attached hydrogen (secondary N) is 1. The lowest BCUT2D eigenvalue weighted by Crippen LogP contribution is -2.40. The SMILES string of the molecule is Cc1cccc2c(Nc3cccc(C(=O)N(C)C)c3)ncc(C(=O)N3CCOCC3)c12. The fourth-order valence-corrected chi connectivity index (χ4v) is 3.81. The predicted molar refractivity (Wildman–Crippen MR) is 121 cm³/mol. The molecule has 7 nitrogen and oxygen atoms in total. The largest absolute Gasteiger partial charge is 0.378 e. The first-order valence-electron chi connectivity index (χ1n) is 10.3. The maximum absolute atomic E-state index is 13.2. The molecule has 2 aromatic carbocycles. The molecule has 0 radical (unpaired) electrons. The quantitative estimate of drug-likeness (QED) is 0.702. The van der Waals surface area contributed by atoms with E-state index >= 15 is 0 Å². The summed E-state index contributed by atoms with van der Waals surface area (Å²) in [6.07, 6.45) is 1.64. The summed E-state index contributed by atoms with van der Waals surface area (Å²) in [5.74, 6) is 0.552. The lowest BCUT2D eigenvalue weighted by Gasteiger charge is -2.27. The first-order chi connectivity index (χ1) is 15.0. The van der Waals surface area contributed by atoms with Crippen molar-refractivity contribution in [2.45, 2.75) is 6.92 Å². The van der Waals surface area contributed by atoms with Crippen LogP contribution in [-0.4, -0.2) is 67.0 Å². The second kappa shape index (κ2) is 8.73. The summed E-state index contributed by atoms with van der Waals surface area (Å²) in [6.45, 7) is 4.27. The Labute approximate surface area is 181 Å². The number of hydrogen-bond donors (Lipinski definition) is 1. The lowest BCUT2D eigenvalue weighted by atomic mass is 10.0. The summed E-state index contributed by atoms with van der Waals surface area (Å²) >= 11 is 0. The summed E-state index contributed by atoms with van der Waals surface area (Å²) in [6, 6.07) is 13.2. The number of carbonyl (C=O) groups is 2. The monoisotopic (exact) mass is 418 g/mol. The fourth-order valence-electron chi connectivity index (χ4n) is 3.81. The van der Waals surface area contributed by atoms with Crippen LogP contribution >= 0.6 is 0 Å². The Hall–Kier alpha value is -3.45. The molecule has 0 spiro atoms. The van der Waals surface area contributed by atoms with E-state index in [2.05, 4.69) is 10.3 Å². The smallest absolute Gasteiger partial charge is 0.256 e. The molecule has 4 rings (SSSR count). The van der Waals surface area contributed by atoms with E-state index in [1.165, 1.54) is 0 Å². The number of aryl methyl sites for hydroxylation is 1. The van der Waals surface area contributed by atoms with E-state index in [1.807, 2.05) is 42.2 Å². The van der Waals surface area contributed by atoms with Crippen molar-refractivity contribution in [2.24, 2.45) is 0 Å². The van der Waals surface area contributed by atoms with Crippen LogP contribution in [0, 0.1) is 6.92 Å². The molecule has 0 saturated carbocycles. The molecule has 160 valence electrons. The number of carbonyl (C=O) groups excluding carboxylic acids is 2. The van der Waals surface area contributed by atoms with Crippen LogP contribution in [0.25, 0.3) is 10.8 Å². The number of benzene rings is 2. The van der Waals surface area contributed by atoms with Crippen molar-refractivity contribution in [1.29, 1.82) is 0 Å². The summed E-state index contributed by atoms with van der Waals surface area (Å²) < 4.78 is 5.38. The average Bonchev–Trinajstić information content (AvgIpc) is 2.79. The molecule has 1 fully saturated rings. The maximum Gasteiger partial charge on any atom is 0.256 e. The number of anilines is 2. The van der Waals surface area contributed by atoms with Gasteiger partial charge in [-0.15, -0.1) is 0 Å². The van der Waals surface area contributed by atoms with Crippen LogP contribution in [0.2, 0.25) is 0 Å². The molecule has 2 amide bonds. The summed E-state index contributed by atoms with van der Waals surface area (Å²) in [5, 5.41) is 5.08. The topological polar surface area (TPSA) is 74.8 Å². The van der Waals surface area contributed by atoms with Gasteiger partial charge in [0.1, 0.15) is 5.82 Å². The molecular weight excluding hydrogens is 392 g/mol. The van der Waals surface area contributed by atoms with Crippen LogP contribution in [0.3, 0.4) is 0 Å². The molecule has 0 aliphatic carbocycles. The molecule has 1 aliphatic rings. The number of morpholine rings is 1. The van der Waals surface area contributed by atoms with Gasteiger partial charge in [-0.2, -0.15) is 0 Å². The molecule has 7 heteroatoms. The minimum atomic E-state index is -0.0660. The van der Waals surface area contributed by atoms with Crippen molar-refractivity contribution < 1.29 is 14.3 Å². The van der Waals surface area contributed by atoms with E-state index in [1.54, 1.807) is 37.3 Å². The Morgan fingerprint density at radius 1 is 1.10 bits per heavy atom. The number of amides is 2. The number of ether oxygens (including phenoxy) is 1. The zero-order chi connectivity index (χ0) is 22.0. The van der Waals surface area contributed by atoms with E-state index in [-0.39, 0.29) is 11.8 Å². The van der Waals surface area contributed by atoms with Gasteiger partial charge in [-0.25, -0.2) is 4.98 Å². The zero-order valence-corrected chi connectivity index (χ0v) is 18.0. The molecule has 1 N–H and O–H groups in total. The molecule has 0 atom stereocenters. The number of rotatable bonds is 4. The van der Waals surface area contributed by atoms with Crippen molar-refractivity contribution >= 4 is 34.1 Å². The highest BCUT2D eigenvalue weighted by atomic mass is 16.5. The van der Waals surface area contributed by atoms with Crippen LogP contribution in [0.15, 0.2) is 48.7 Å². The highest BCUT2D eigenvalue weighted by molar-refractivity contribution is 6.10. The molecular formula is C24H26N4O3. The van der Waals surface area contributed by atoms with Crippen LogP contribution in [-0.2, 0) is 4.74 Å². The number of aromatic nitrogens is 1. The number of fused-ring (bicyclic) bond motifs is 1. The second-order valence-electron chi connectivity index (χ2n) is 7.83. The molecule has 31 heavy (non-hydrogen) atoms. The van der Waals surface area contributed by atoms with Gasteiger partial charge in [0.05, 0.1) is 18.8 Å². The first-order valence-corrected chi connectivity index (χ1v) is 10.3. The Morgan fingerprint density at radius 2 is 1.84 bits per heavy atom. The normalized spacial score (nSPS) is 13.8. The van der Waals surface area contributed by atoms with Crippen molar-refractivity contribution in [3.8, 4) is 0 Å². The van der Waals surface area contributed by atoms with Gasteiger partial charge in [-0.3, -0.25) is 9.59 Å². The molecule has 2 heterocycles. The van der Waals surface area contributed by atoms with Crippen LogP contribution in [0.5, 0.6) is 0 Å². The molecule has 3 aromatic rings. The third kappa shape index (κ3) is 4.22. The second-order valence-corrected chi connectivity index (χ2v) is 7.83. The highest BCUT2D eigenvalue weighted by Crippen LogP contribution is 2.30. The zero-order valence-electron chi connectivity index (χ0n) is 18.0. The molecule has 1 saturated heterocycles. The maximum atomic E-state index is 13.2. The van der Waals surface area contributed by atoms with E-state index in [0.29, 0.717) is 43.2 Å². The van der Waals surface area contributed by atoms with Gasteiger partial charge in [-0.05, 0) is 30.7 Å². The standard InChI is InChI=1S/C24H26N4O3/c1-16-6-4-9-19-21(16)20(24(30)28-10-12-31-13-11-28)15-25-22(19)26-18-8-5-7-17(14-18)23(29)27(2)3/h4-9,14-15H,10-13H2,1-3H3,(H,25,26). The number of nitrogens with zero attached hydrogens (tertiary/aromatic N) is 3. The molecule has 1 aromatic heterocycles. The number of pyridine rings is 1. The van der Waals surface area contributed by atoms with Crippen molar-refractivity contribution in [1.82, 2.24) is 14.8 Å². The number of hydrogen-bond acceptors (Lipinski definition) is 5. The highest BCUT2D eigenvalue weighted by Gasteiger charge is 2.22. The summed E-state index contributed by atoms with van der Waals surface area (Å²) in [4.78, 5) is 33.4.